The van der Waals surface area contributed by atoms with Crippen LogP contribution >= 0.6 is 11.6 Å². The molecule has 2 aliphatic heterocycles. The van der Waals surface area contributed by atoms with Crippen LogP contribution in [-0.2, 0) is 19.9 Å². The van der Waals surface area contributed by atoms with E-state index in [0.29, 0.717) is 48.7 Å². The van der Waals surface area contributed by atoms with Crippen molar-refractivity contribution < 1.29 is 28.5 Å². The van der Waals surface area contributed by atoms with Crippen molar-refractivity contribution in [2.45, 2.75) is 18.6 Å². The third-order valence-electron chi connectivity index (χ3n) is 4.45. The first-order valence-corrected chi connectivity index (χ1v) is 9.02. The highest BCUT2D eigenvalue weighted by Crippen LogP contribution is 2.36. The van der Waals surface area contributed by atoms with Gasteiger partial charge in [0.2, 0.25) is 0 Å². The monoisotopic (exact) mass is 390 g/mol. The molecule has 2 heterocycles. The number of esters is 1. The van der Waals surface area contributed by atoms with E-state index in [1.165, 1.54) is 6.92 Å². The van der Waals surface area contributed by atoms with E-state index in [0.717, 1.165) is 5.56 Å². The fourth-order valence-electron chi connectivity index (χ4n) is 3.06. The molecule has 1 fully saturated rings. The first-order chi connectivity index (χ1) is 13.0. The first kappa shape index (κ1) is 17.9. The average molecular weight is 391 g/mol. The number of hydrogen-bond acceptors (Lipinski definition) is 6. The van der Waals surface area contributed by atoms with Gasteiger partial charge < -0.3 is 23.7 Å². The average Bonchev–Trinajstić information content (AvgIpc) is 2.63. The van der Waals surface area contributed by atoms with Crippen molar-refractivity contribution in [1.82, 2.24) is 0 Å². The van der Waals surface area contributed by atoms with Gasteiger partial charge in [0.25, 0.3) is 0 Å². The molecule has 0 N–H and O–H groups in total. The largest absolute Gasteiger partial charge is 0.490 e. The predicted octanol–water partition coefficient (Wildman–Crippen LogP) is 3.35. The van der Waals surface area contributed by atoms with E-state index in [1.807, 2.05) is 24.3 Å². The molecule has 1 atom stereocenters. The Balaban J connectivity index is 1.36. The van der Waals surface area contributed by atoms with E-state index in [4.69, 9.17) is 35.3 Å². The lowest BCUT2D eigenvalue weighted by atomic mass is 9.91. The van der Waals surface area contributed by atoms with Crippen molar-refractivity contribution in [1.29, 1.82) is 0 Å². The summed E-state index contributed by atoms with van der Waals surface area (Å²) >= 11 is 5.99. The second kappa shape index (κ2) is 7.29. The Bertz CT molecular complexity index is 831. The summed E-state index contributed by atoms with van der Waals surface area (Å²) < 4.78 is 28.1. The zero-order valence-corrected chi connectivity index (χ0v) is 15.5. The molecule has 0 radical (unpaired) electrons. The van der Waals surface area contributed by atoms with E-state index in [9.17, 15) is 4.79 Å². The molecule has 0 aromatic heterocycles. The molecule has 2 aromatic rings. The highest BCUT2D eigenvalue weighted by molar-refractivity contribution is 6.30. The topological polar surface area (TPSA) is 63.2 Å². The summed E-state index contributed by atoms with van der Waals surface area (Å²) in [5.74, 6) is 1.66. The number of hydrogen-bond donors (Lipinski definition) is 0. The quantitative estimate of drug-likeness (QED) is 0.729. The fraction of sp³-hybridized carbons (Fsp3) is 0.350. The Morgan fingerprint density at radius 2 is 1.96 bits per heavy atom. The van der Waals surface area contributed by atoms with Crippen molar-refractivity contribution in [3.63, 3.8) is 0 Å². The minimum Gasteiger partial charge on any atom is -0.490 e. The molecule has 0 unspecified atom stereocenters. The normalized spacial score (nSPS) is 19.7. The maximum Gasteiger partial charge on any atom is 0.303 e. The Morgan fingerprint density at radius 1 is 1.19 bits per heavy atom. The van der Waals surface area contributed by atoms with Crippen molar-refractivity contribution >= 4 is 17.6 Å². The van der Waals surface area contributed by atoms with E-state index >= 15 is 0 Å². The zero-order valence-electron chi connectivity index (χ0n) is 14.8. The molecule has 0 amide bonds. The summed E-state index contributed by atoms with van der Waals surface area (Å²) in [6.07, 6.45) is -0.233. The van der Waals surface area contributed by atoms with Gasteiger partial charge in [-0.3, -0.25) is 4.79 Å². The minimum absolute atomic E-state index is 0.233. The summed E-state index contributed by atoms with van der Waals surface area (Å²) in [5, 5.41) is 0.594. The number of rotatable bonds is 5. The number of carbonyl (C=O) groups is 1. The van der Waals surface area contributed by atoms with Gasteiger partial charge in [0.15, 0.2) is 23.2 Å². The smallest absolute Gasteiger partial charge is 0.303 e. The zero-order chi connectivity index (χ0) is 18.9. The molecule has 7 heteroatoms. The summed E-state index contributed by atoms with van der Waals surface area (Å²) in [5.41, 5.74) is 0.199. The van der Waals surface area contributed by atoms with Gasteiger partial charge in [0.05, 0.1) is 13.2 Å². The molecular weight excluding hydrogens is 372 g/mol. The van der Waals surface area contributed by atoms with Crippen LogP contribution in [0.15, 0.2) is 42.5 Å². The predicted molar refractivity (Wildman–Crippen MR) is 97.6 cm³/mol. The highest BCUT2D eigenvalue weighted by Gasteiger charge is 2.43. The highest BCUT2D eigenvalue weighted by atomic mass is 35.5. The van der Waals surface area contributed by atoms with Crippen molar-refractivity contribution in [2.75, 3.05) is 26.4 Å². The van der Waals surface area contributed by atoms with Crippen LogP contribution in [0.5, 0.6) is 17.2 Å². The molecular formula is C20H19ClO6. The van der Waals surface area contributed by atoms with Crippen LogP contribution < -0.4 is 14.2 Å². The summed E-state index contributed by atoms with van der Waals surface area (Å²) in [4.78, 5) is 11.3. The standard InChI is InChI=1S/C20H19ClO6/c1-13(22)27-20(11-23-12-20)14-2-5-16(6-3-14)24-9-17-10-25-18-7-4-15(21)8-19(18)26-17/h2-8,17H,9-12H2,1H3/t17-/m0/s1. The van der Waals surface area contributed by atoms with Crippen LogP contribution in [0.3, 0.4) is 0 Å². The van der Waals surface area contributed by atoms with Gasteiger partial charge in [-0.25, -0.2) is 0 Å². The van der Waals surface area contributed by atoms with Crippen molar-refractivity contribution in [3.05, 3.63) is 53.1 Å². The lowest BCUT2D eigenvalue weighted by molar-refractivity contribution is -0.216. The van der Waals surface area contributed by atoms with Crippen molar-refractivity contribution in [3.8, 4) is 17.2 Å². The van der Waals surface area contributed by atoms with Crippen LogP contribution in [0.1, 0.15) is 12.5 Å². The maximum absolute atomic E-state index is 11.3. The van der Waals surface area contributed by atoms with Gasteiger partial charge in [-0.2, -0.15) is 0 Å². The fourth-order valence-corrected chi connectivity index (χ4v) is 3.22. The summed E-state index contributed by atoms with van der Waals surface area (Å²) in [6, 6.07) is 12.7. The van der Waals surface area contributed by atoms with E-state index in [1.54, 1.807) is 18.2 Å². The number of carbonyl (C=O) groups excluding carboxylic acids is 1. The molecule has 2 aromatic carbocycles. The Kier molecular flexibility index (Phi) is 4.85. The van der Waals surface area contributed by atoms with Crippen LogP contribution in [0, 0.1) is 0 Å². The molecule has 27 heavy (non-hydrogen) atoms. The van der Waals surface area contributed by atoms with Crippen LogP contribution in [-0.4, -0.2) is 38.5 Å². The first-order valence-electron chi connectivity index (χ1n) is 8.64. The minimum atomic E-state index is -0.687. The van der Waals surface area contributed by atoms with Crippen LogP contribution in [0.25, 0.3) is 0 Å². The number of halogens is 1. The van der Waals surface area contributed by atoms with Crippen molar-refractivity contribution in [2.24, 2.45) is 0 Å². The lowest BCUT2D eigenvalue weighted by Gasteiger charge is -2.40. The van der Waals surface area contributed by atoms with E-state index in [-0.39, 0.29) is 12.1 Å². The molecule has 4 rings (SSSR count). The Morgan fingerprint density at radius 3 is 2.63 bits per heavy atom. The van der Waals surface area contributed by atoms with Crippen LogP contribution in [0.4, 0.5) is 0 Å². The van der Waals surface area contributed by atoms with Gasteiger partial charge in [0, 0.05) is 23.6 Å². The number of benzene rings is 2. The van der Waals surface area contributed by atoms with Gasteiger partial charge in [-0.1, -0.05) is 23.7 Å². The Labute approximate surface area is 161 Å². The molecule has 0 saturated carbocycles. The Hall–Kier alpha value is -2.44. The van der Waals surface area contributed by atoms with Gasteiger partial charge in [0.1, 0.15) is 19.0 Å². The van der Waals surface area contributed by atoms with E-state index in [2.05, 4.69) is 0 Å². The number of fused-ring (bicyclic) bond motifs is 1. The van der Waals surface area contributed by atoms with Gasteiger partial charge >= 0.3 is 5.97 Å². The lowest BCUT2D eigenvalue weighted by Crippen LogP contribution is -2.49. The molecule has 142 valence electrons. The van der Waals surface area contributed by atoms with Gasteiger partial charge in [-0.15, -0.1) is 0 Å². The molecule has 6 nitrogen and oxygen atoms in total. The second-order valence-corrected chi connectivity index (χ2v) is 6.99. The molecule has 2 aliphatic rings. The van der Waals surface area contributed by atoms with Crippen LogP contribution in [0.2, 0.25) is 5.02 Å². The molecule has 0 bridgehead atoms. The van der Waals surface area contributed by atoms with Gasteiger partial charge in [-0.05, 0) is 24.3 Å². The third kappa shape index (κ3) is 3.82. The molecule has 0 spiro atoms. The maximum atomic E-state index is 11.3. The SMILES string of the molecule is CC(=O)OC1(c2ccc(OC[C@H]3COc4ccc(Cl)cc4O3)cc2)COC1. The second-order valence-electron chi connectivity index (χ2n) is 6.56. The third-order valence-corrected chi connectivity index (χ3v) is 4.69. The molecule has 1 saturated heterocycles. The summed E-state index contributed by atoms with van der Waals surface area (Å²) in [6.45, 7) is 2.86. The number of ether oxygens (including phenoxy) is 5. The summed E-state index contributed by atoms with van der Waals surface area (Å²) in [7, 11) is 0. The molecule has 0 aliphatic carbocycles. The van der Waals surface area contributed by atoms with E-state index < -0.39 is 5.60 Å².